The number of hydrogen-bond donors (Lipinski definition) is 1. The van der Waals surface area contributed by atoms with Gasteiger partial charge in [-0.05, 0) is 24.1 Å². The number of rotatable bonds is 4. The van der Waals surface area contributed by atoms with Gasteiger partial charge >= 0.3 is 0 Å². The molecule has 1 aromatic rings. The van der Waals surface area contributed by atoms with E-state index in [1.807, 2.05) is 11.0 Å². The summed E-state index contributed by atoms with van der Waals surface area (Å²) in [5.74, 6) is 0.0571. The van der Waals surface area contributed by atoms with Crippen molar-refractivity contribution in [2.24, 2.45) is 0 Å². The number of nitrogens with zero attached hydrogens (tertiary/aromatic N) is 1. The van der Waals surface area contributed by atoms with Crippen molar-refractivity contribution in [1.29, 1.82) is 0 Å². The van der Waals surface area contributed by atoms with Gasteiger partial charge in [0, 0.05) is 32.6 Å². The van der Waals surface area contributed by atoms with Crippen molar-refractivity contribution in [3.05, 3.63) is 29.6 Å². The summed E-state index contributed by atoms with van der Waals surface area (Å²) in [6, 6.07) is 4.93. The minimum atomic E-state index is -0.358. The Kier molecular flexibility index (Phi) is 4.74. The second kappa shape index (κ2) is 6.52. The van der Waals surface area contributed by atoms with E-state index in [0.717, 1.165) is 25.2 Å². The number of nitrogens with one attached hydrogen (secondary N) is 1. The molecule has 1 aliphatic rings. The molecule has 2 rings (SSSR count). The highest BCUT2D eigenvalue weighted by Crippen LogP contribution is 2.18. The van der Waals surface area contributed by atoms with Crippen LogP contribution in [0.3, 0.4) is 0 Å². The molecule has 0 radical (unpaired) electrons. The van der Waals surface area contributed by atoms with Gasteiger partial charge in [-0.2, -0.15) is 0 Å². The van der Waals surface area contributed by atoms with Crippen LogP contribution in [0.1, 0.15) is 12.0 Å². The fourth-order valence-corrected chi connectivity index (χ4v) is 2.18. The monoisotopic (exact) mass is 266 g/mol. The van der Waals surface area contributed by atoms with Crippen LogP contribution < -0.4 is 10.1 Å². The Hall–Kier alpha value is -1.62. The normalized spacial score (nSPS) is 16.3. The van der Waals surface area contributed by atoms with E-state index in [0.29, 0.717) is 19.4 Å². The smallest absolute Gasteiger partial charge is 0.223 e. The molecule has 1 aromatic carbocycles. The lowest BCUT2D eigenvalue weighted by atomic mass is 10.1. The van der Waals surface area contributed by atoms with Crippen molar-refractivity contribution in [2.45, 2.75) is 12.8 Å². The quantitative estimate of drug-likeness (QED) is 0.890. The lowest BCUT2D eigenvalue weighted by molar-refractivity contribution is -0.130. The van der Waals surface area contributed by atoms with Gasteiger partial charge in [0.15, 0.2) is 11.6 Å². The van der Waals surface area contributed by atoms with Crippen LogP contribution >= 0.6 is 0 Å². The van der Waals surface area contributed by atoms with Gasteiger partial charge in [-0.3, -0.25) is 4.79 Å². The zero-order valence-corrected chi connectivity index (χ0v) is 11.1. The van der Waals surface area contributed by atoms with Crippen molar-refractivity contribution in [3.63, 3.8) is 0 Å². The molecule has 5 heteroatoms. The second-order valence-corrected chi connectivity index (χ2v) is 4.60. The molecule has 4 nitrogen and oxygen atoms in total. The van der Waals surface area contributed by atoms with E-state index >= 15 is 0 Å². The molecular weight excluding hydrogens is 247 g/mol. The lowest BCUT2D eigenvalue weighted by Gasteiger charge is -2.20. The third kappa shape index (κ3) is 3.67. The molecule has 0 unspecified atom stereocenters. The maximum Gasteiger partial charge on any atom is 0.223 e. The van der Waals surface area contributed by atoms with E-state index in [-0.39, 0.29) is 17.5 Å². The molecule has 0 bridgehead atoms. The number of halogens is 1. The third-order valence-corrected chi connectivity index (χ3v) is 3.31. The van der Waals surface area contributed by atoms with Crippen LogP contribution in [-0.2, 0) is 11.2 Å². The van der Waals surface area contributed by atoms with Gasteiger partial charge in [-0.15, -0.1) is 0 Å². The molecular formula is C14H19FN2O2. The van der Waals surface area contributed by atoms with Gasteiger partial charge in [-0.25, -0.2) is 4.39 Å². The van der Waals surface area contributed by atoms with Gasteiger partial charge in [0.2, 0.25) is 5.91 Å². The molecule has 0 atom stereocenters. The zero-order chi connectivity index (χ0) is 13.7. The number of carbonyl (C=O) groups excluding carboxylic acids is 1. The molecule has 0 saturated carbocycles. The highest BCUT2D eigenvalue weighted by Gasteiger charge is 2.15. The van der Waals surface area contributed by atoms with Crippen LogP contribution in [0.2, 0.25) is 0 Å². The Morgan fingerprint density at radius 2 is 2.26 bits per heavy atom. The summed E-state index contributed by atoms with van der Waals surface area (Å²) in [5.41, 5.74) is 0.878. The van der Waals surface area contributed by atoms with E-state index < -0.39 is 0 Å². The Bertz CT molecular complexity index is 451. The van der Waals surface area contributed by atoms with Crippen LogP contribution in [0.15, 0.2) is 18.2 Å². The fraction of sp³-hybridized carbons (Fsp3) is 0.500. The van der Waals surface area contributed by atoms with Crippen LogP contribution in [0.4, 0.5) is 4.39 Å². The number of hydrogen-bond acceptors (Lipinski definition) is 3. The van der Waals surface area contributed by atoms with Crippen LogP contribution in [-0.4, -0.2) is 44.1 Å². The minimum Gasteiger partial charge on any atom is -0.494 e. The molecule has 0 aromatic heterocycles. The van der Waals surface area contributed by atoms with Crippen molar-refractivity contribution in [3.8, 4) is 5.75 Å². The maximum atomic E-state index is 13.5. The highest BCUT2D eigenvalue weighted by atomic mass is 19.1. The van der Waals surface area contributed by atoms with Gasteiger partial charge in [-0.1, -0.05) is 6.07 Å². The number of methoxy groups -OCH3 is 1. The molecule has 104 valence electrons. The SMILES string of the molecule is COc1ccc(CCN2CCNCCC2=O)cc1F. The first kappa shape index (κ1) is 13.8. The first-order valence-electron chi connectivity index (χ1n) is 6.51. The van der Waals surface area contributed by atoms with Crippen LogP contribution in [0.5, 0.6) is 5.75 Å². The Morgan fingerprint density at radius 3 is 3.00 bits per heavy atom. The summed E-state index contributed by atoms with van der Waals surface area (Å²) in [6.45, 7) is 2.92. The fourth-order valence-electron chi connectivity index (χ4n) is 2.18. The lowest BCUT2D eigenvalue weighted by Crippen LogP contribution is -2.34. The summed E-state index contributed by atoms with van der Waals surface area (Å²) in [4.78, 5) is 13.6. The predicted octanol–water partition coefficient (Wildman–Crippen LogP) is 1.20. The van der Waals surface area contributed by atoms with E-state index in [2.05, 4.69) is 5.32 Å². The zero-order valence-electron chi connectivity index (χ0n) is 11.1. The van der Waals surface area contributed by atoms with Gasteiger partial charge in [0.1, 0.15) is 0 Å². The molecule has 1 N–H and O–H groups in total. The van der Waals surface area contributed by atoms with E-state index in [9.17, 15) is 9.18 Å². The topological polar surface area (TPSA) is 41.6 Å². The molecule has 1 aliphatic heterocycles. The molecule has 19 heavy (non-hydrogen) atoms. The summed E-state index contributed by atoms with van der Waals surface area (Å²) in [5, 5.41) is 3.19. The van der Waals surface area contributed by atoms with Gasteiger partial charge < -0.3 is 15.0 Å². The Balaban J connectivity index is 1.94. The second-order valence-electron chi connectivity index (χ2n) is 4.60. The summed E-state index contributed by atoms with van der Waals surface area (Å²) in [6.07, 6.45) is 1.20. The van der Waals surface area contributed by atoms with Crippen molar-refractivity contribution >= 4 is 5.91 Å². The molecule has 0 aliphatic carbocycles. The van der Waals surface area contributed by atoms with Gasteiger partial charge in [0.05, 0.1) is 7.11 Å². The van der Waals surface area contributed by atoms with Crippen LogP contribution in [0.25, 0.3) is 0 Å². The molecule has 1 saturated heterocycles. The highest BCUT2D eigenvalue weighted by molar-refractivity contribution is 5.76. The van der Waals surface area contributed by atoms with E-state index in [1.54, 1.807) is 6.07 Å². The maximum absolute atomic E-state index is 13.5. The largest absolute Gasteiger partial charge is 0.494 e. The summed E-state index contributed by atoms with van der Waals surface area (Å²) < 4.78 is 18.4. The Labute approximate surface area is 112 Å². The van der Waals surface area contributed by atoms with Crippen LogP contribution in [0, 0.1) is 5.82 Å². The van der Waals surface area contributed by atoms with E-state index in [4.69, 9.17) is 4.74 Å². The number of amides is 1. The Morgan fingerprint density at radius 1 is 1.42 bits per heavy atom. The third-order valence-electron chi connectivity index (χ3n) is 3.31. The standard InChI is InChI=1S/C14H19FN2O2/c1-19-13-3-2-11(10-12(13)15)5-8-17-9-7-16-6-4-14(17)18/h2-3,10,16H,4-9H2,1H3. The summed E-state index contributed by atoms with van der Waals surface area (Å²) in [7, 11) is 1.45. The average molecular weight is 266 g/mol. The molecule has 1 heterocycles. The molecule has 0 spiro atoms. The average Bonchev–Trinajstić information content (AvgIpc) is 2.61. The van der Waals surface area contributed by atoms with Crippen molar-refractivity contribution in [1.82, 2.24) is 10.2 Å². The van der Waals surface area contributed by atoms with Gasteiger partial charge in [0.25, 0.3) is 0 Å². The first-order chi connectivity index (χ1) is 9.20. The summed E-state index contributed by atoms with van der Waals surface area (Å²) >= 11 is 0. The van der Waals surface area contributed by atoms with E-state index in [1.165, 1.54) is 13.2 Å². The number of benzene rings is 1. The molecule has 1 fully saturated rings. The first-order valence-corrected chi connectivity index (χ1v) is 6.51. The van der Waals surface area contributed by atoms with Crippen molar-refractivity contribution in [2.75, 3.05) is 33.3 Å². The number of ether oxygens (including phenoxy) is 1. The van der Waals surface area contributed by atoms with Crippen molar-refractivity contribution < 1.29 is 13.9 Å². The number of carbonyl (C=O) groups is 1. The molecule has 1 amide bonds. The minimum absolute atomic E-state index is 0.166. The predicted molar refractivity (Wildman–Crippen MR) is 70.7 cm³/mol.